The molecule has 2 aliphatic carbocycles. The van der Waals surface area contributed by atoms with Crippen molar-refractivity contribution in [2.75, 3.05) is 9.80 Å². The Morgan fingerprint density at radius 2 is 0.639 bits per heavy atom. The van der Waals surface area contributed by atoms with E-state index in [4.69, 9.17) is 0 Å². The summed E-state index contributed by atoms with van der Waals surface area (Å²) >= 11 is 0. The number of aryl methyl sites for hydroxylation is 2. The molecule has 0 N–H and O–H groups in total. The molecule has 1 spiro atoms. The first kappa shape index (κ1) is 36.4. The highest BCUT2D eigenvalue weighted by Crippen LogP contribution is 2.64. The molecule has 0 aliphatic heterocycles. The van der Waals surface area contributed by atoms with Crippen LogP contribution in [-0.2, 0) is 5.41 Å². The van der Waals surface area contributed by atoms with Gasteiger partial charge in [0.05, 0.1) is 5.41 Å². The zero-order valence-corrected chi connectivity index (χ0v) is 34.3. The van der Waals surface area contributed by atoms with Crippen LogP contribution in [0.25, 0.3) is 34.4 Å². The lowest BCUT2D eigenvalue weighted by Gasteiger charge is -2.33. The molecule has 0 saturated carbocycles. The minimum atomic E-state index is -0.537. The third kappa shape index (κ3) is 6.10. The molecule has 0 saturated heterocycles. The van der Waals surface area contributed by atoms with E-state index >= 15 is 0 Å². The molecule has 1 unspecified atom stereocenters. The molecule has 290 valence electrons. The van der Waals surface area contributed by atoms with E-state index in [9.17, 15) is 0 Å². The summed E-state index contributed by atoms with van der Waals surface area (Å²) in [5.41, 5.74) is 21.4. The number of para-hydroxylation sites is 1. The van der Waals surface area contributed by atoms with Gasteiger partial charge in [-0.15, -0.1) is 0 Å². The lowest BCUT2D eigenvalue weighted by atomic mass is 9.70. The second kappa shape index (κ2) is 14.9. The Labute approximate surface area is 359 Å². The van der Waals surface area contributed by atoms with Gasteiger partial charge in [-0.05, 0) is 142 Å². The van der Waals surface area contributed by atoms with E-state index in [2.05, 4.69) is 254 Å². The van der Waals surface area contributed by atoms with Crippen LogP contribution in [0.4, 0.5) is 34.1 Å². The average Bonchev–Trinajstić information content (AvgIpc) is 3.78. The van der Waals surface area contributed by atoms with Gasteiger partial charge in [0.15, 0.2) is 0 Å². The predicted molar refractivity (Wildman–Crippen MR) is 257 cm³/mol. The van der Waals surface area contributed by atoms with E-state index in [0.717, 1.165) is 39.7 Å². The van der Waals surface area contributed by atoms with Crippen molar-refractivity contribution in [3.8, 4) is 22.3 Å². The highest BCUT2D eigenvalue weighted by atomic mass is 15.1. The van der Waals surface area contributed by atoms with E-state index in [1.54, 1.807) is 0 Å². The zero-order valence-electron chi connectivity index (χ0n) is 34.3. The maximum Gasteiger partial charge on any atom is 0.0727 e. The molecule has 0 heterocycles. The molecule has 0 radical (unpaired) electrons. The zero-order chi connectivity index (χ0) is 40.9. The Morgan fingerprint density at radius 3 is 1.11 bits per heavy atom. The highest BCUT2D eigenvalue weighted by Gasteiger charge is 2.52. The number of fused-ring (bicyclic) bond motifs is 10. The molecule has 61 heavy (non-hydrogen) atoms. The van der Waals surface area contributed by atoms with Crippen LogP contribution in [0.2, 0.25) is 0 Å². The molecular formula is C59H44N2. The van der Waals surface area contributed by atoms with Gasteiger partial charge in [-0.25, -0.2) is 0 Å². The maximum absolute atomic E-state index is 2.48. The minimum Gasteiger partial charge on any atom is -0.310 e. The van der Waals surface area contributed by atoms with Crippen LogP contribution in [0.5, 0.6) is 0 Å². The van der Waals surface area contributed by atoms with Crippen LogP contribution >= 0.6 is 0 Å². The fourth-order valence-corrected chi connectivity index (χ4v) is 9.74. The Kier molecular flexibility index (Phi) is 8.86. The number of hydrogen-bond acceptors (Lipinski definition) is 2. The maximum atomic E-state index is 2.48. The van der Waals surface area contributed by atoms with Crippen LogP contribution in [0, 0.1) is 13.8 Å². The van der Waals surface area contributed by atoms with Crippen molar-refractivity contribution >= 4 is 46.3 Å². The van der Waals surface area contributed by atoms with Crippen LogP contribution in [0.1, 0.15) is 44.5 Å². The fourth-order valence-electron chi connectivity index (χ4n) is 9.74. The van der Waals surface area contributed by atoms with Gasteiger partial charge in [-0.2, -0.15) is 0 Å². The third-order valence-electron chi connectivity index (χ3n) is 12.6. The fraction of sp³-hybridized carbons (Fsp3) is 0.0508. The highest BCUT2D eigenvalue weighted by molar-refractivity contribution is 5.97. The molecule has 0 aromatic heterocycles. The molecule has 2 nitrogen and oxygen atoms in total. The minimum absolute atomic E-state index is 0.537. The molecule has 9 aromatic carbocycles. The summed E-state index contributed by atoms with van der Waals surface area (Å²) in [6.07, 6.45) is 4.36. The summed E-state index contributed by atoms with van der Waals surface area (Å²) in [7, 11) is 0. The van der Waals surface area contributed by atoms with E-state index in [-0.39, 0.29) is 0 Å². The van der Waals surface area contributed by atoms with Gasteiger partial charge in [0.2, 0.25) is 0 Å². The van der Waals surface area contributed by atoms with Gasteiger partial charge in [0, 0.05) is 34.1 Å². The van der Waals surface area contributed by atoms with Crippen molar-refractivity contribution in [2.24, 2.45) is 0 Å². The van der Waals surface area contributed by atoms with Crippen LogP contribution in [0.3, 0.4) is 0 Å². The molecule has 0 fully saturated rings. The Bertz CT molecular complexity index is 3060. The molecule has 2 aliphatic rings. The van der Waals surface area contributed by atoms with Crippen molar-refractivity contribution in [1.82, 2.24) is 0 Å². The molecule has 0 bridgehead atoms. The molecule has 1 atom stereocenters. The van der Waals surface area contributed by atoms with Gasteiger partial charge in [0.1, 0.15) is 0 Å². The van der Waals surface area contributed by atoms with Crippen LogP contribution in [-0.4, -0.2) is 0 Å². The van der Waals surface area contributed by atoms with E-state index in [0.29, 0.717) is 0 Å². The topological polar surface area (TPSA) is 6.48 Å². The average molecular weight is 781 g/mol. The predicted octanol–water partition coefficient (Wildman–Crippen LogP) is 15.8. The summed E-state index contributed by atoms with van der Waals surface area (Å²) in [6, 6.07) is 80.4. The van der Waals surface area contributed by atoms with Crippen molar-refractivity contribution in [3.63, 3.8) is 0 Å². The number of rotatable bonds is 8. The Hall–Kier alpha value is -7.68. The van der Waals surface area contributed by atoms with Gasteiger partial charge < -0.3 is 9.80 Å². The van der Waals surface area contributed by atoms with Gasteiger partial charge in [-0.1, -0.05) is 169 Å². The Balaban J connectivity index is 1.11. The third-order valence-corrected chi connectivity index (χ3v) is 12.6. The lowest BCUT2D eigenvalue weighted by Crippen LogP contribution is -2.26. The van der Waals surface area contributed by atoms with E-state index in [1.165, 1.54) is 61.2 Å². The van der Waals surface area contributed by atoms with Gasteiger partial charge in [0.25, 0.3) is 0 Å². The largest absolute Gasteiger partial charge is 0.310 e. The second-order valence-corrected chi connectivity index (χ2v) is 16.3. The smallest absolute Gasteiger partial charge is 0.0727 e. The number of benzene rings is 9. The van der Waals surface area contributed by atoms with E-state index in [1.807, 2.05) is 0 Å². The standard InChI is InChI=1S/C59H44N2/c1-41-21-29-46(30-22-41)60(45-15-7-4-8-16-45)49-35-37-53-51-17-9-11-19-55(51)59(57(53)39-49)56-20-12-10-18-52(56)54-38-36-50(40-58(54)59)61(47-31-23-42(2)24-32-47)48-33-27-44(28-34-48)26-25-43-13-5-3-6-14-43/h3-40H,1-2H3/b26-25+. The summed E-state index contributed by atoms with van der Waals surface area (Å²) in [4.78, 5) is 4.81. The molecular weight excluding hydrogens is 737 g/mol. The summed E-state index contributed by atoms with van der Waals surface area (Å²) in [5.74, 6) is 0. The second-order valence-electron chi connectivity index (χ2n) is 16.3. The Morgan fingerprint density at radius 1 is 0.295 bits per heavy atom. The number of anilines is 6. The van der Waals surface area contributed by atoms with E-state index < -0.39 is 5.41 Å². The monoisotopic (exact) mass is 780 g/mol. The lowest BCUT2D eigenvalue weighted by molar-refractivity contribution is 0.793. The van der Waals surface area contributed by atoms with Gasteiger partial charge >= 0.3 is 0 Å². The summed E-state index contributed by atoms with van der Waals surface area (Å²) in [5, 5.41) is 0. The first-order valence-corrected chi connectivity index (χ1v) is 21.2. The first-order chi connectivity index (χ1) is 30.1. The quantitative estimate of drug-likeness (QED) is 0.142. The molecule has 11 rings (SSSR count). The van der Waals surface area contributed by atoms with Crippen molar-refractivity contribution in [1.29, 1.82) is 0 Å². The van der Waals surface area contributed by atoms with Gasteiger partial charge in [-0.3, -0.25) is 0 Å². The normalized spacial score (nSPS) is 14.4. The van der Waals surface area contributed by atoms with Crippen molar-refractivity contribution < 1.29 is 0 Å². The molecule has 2 heteroatoms. The first-order valence-electron chi connectivity index (χ1n) is 21.2. The SMILES string of the molecule is Cc1ccc(N(c2ccccc2)c2ccc3c(c2)C2(c4ccccc4-3)c3ccccc3-c3ccc(N(c4ccc(C)cc4)c4ccc(/C=C/c5ccccc5)cc4)cc32)cc1. The van der Waals surface area contributed by atoms with Crippen molar-refractivity contribution in [2.45, 2.75) is 19.3 Å². The van der Waals surface area contributed by atoms with Crippen LogP contribution < -0.4 is 9.80 Å². The summed E-state index contributed by atoms with van der Waals surface area (Å²) in [6.45, 7) is 4.30. The summed E-state index contributed by atoms with van der Waals surface area (Å²) < 4.78 is 0. The van der Waals surface area contributed by atoms with Crippen LogP contribution in [0.15, 0.2) is 218 Å². The number of hydrogen-bond donors (Lipinski definition) is 0. The molecule has 9 aromatic rings. The molecule has 0 amide bonds. The van der Waals surface area contributed by atoms with Crippen molar-refractivity contribution in [3.05, 3.63) is 263 Å². The number of nitrogens with zero attached hydrogens (tertiary/aromatic N) is 2.